The zero-order chi connectivity index (χ0) is 19.4. The molecule has 1 fully saturated rings. The Hall–Kier alpha value is -1.29. The van der Waals surface area contributed by atoms with E-state index in [4.69, 9.17) is 9.15 Å². The zero-order valence-corrected chi connectivity index (χ0v) is 19.5. The minimum atomic E-state index is -0.176. The molecule has 154 valence electrons. The van der Waals surface area contributed by atoms with Crippen molar-refractivity contribution in [3.63, 3.8) is 0 Å². The molecule has 1 aromatic heterocycles. The highest BCUT2D eigenvalue weighted by molar-refractivity contribution is 14.0. The summed E-state index contributed by atoms with van der Waals surface area (Å²) >= 11 is 0. The standard InChI is InChI=1S/C19H32N4O3.HI/c1-13-8-11-26-15(13)16(24)21-9-7-10-22-17(20-5)23-14-12-19(4,25-6)18(14,2)3;/h8,11,14H,7,9-10,12H2,1-6H3,(H,21,24)(H2,20,22,23);1H. The number of nitrogens with one attached hydrogen (secondary N) is 3. The van der Waals surface area contributed by atoms with Crippen molar-refractivity contribution in [1.82, 2.24) is 16.0 Å². The van der Waals surface area contributed by atoms with Crippen molar-refractivity contribution in [3.05, 3.63) is 23.7 Å². The van der Waals surface area contributed by atoms with Crippen LogP contribution in [0.4, 0.5) is 0 Å². The lowest BCUT2D eigenvalue weighted by atomic mass is 9.56. The van der Waals surface area contributed by atoms with Crippen LogP contribution in [0.15, 0.2) is 21.7 Å². The third-order valence-electron chi connectivity index (χ3n) is 5.81. The lowest BCUT2D eigenvalue weighted by Gasteiger charge is -2.59. The number of carbonyl (C=O) groups excluding carboxylic acids is 1. The normalized spacial score (nSPS) is 23.8. The molecule has 1 amide bonds. The van der Waals surface area contributed by atoms with Crippen LogP contribution in [-0.4, -0.2) is 50.8 Å². The number of aliphatic imine (C=N–C) groups is 1. The Morgan fingerprint density at radius 1 is 1.33 bits per heavy atom. The molecular formula is C19H33IN4O3. The first-order valence-corrected chi connectivity index (χ1v) is 9.10. The zero-order valence-electron chi connectivity index (χ0n) is 17.1. The first kappa shape index (κ1) is 23.7. The van der Waals surface area contributed by atoms with Gasteiger partial charge in [-0.25, -0.2) is 0 Å². The fraction of sp³-hybridized carbons (Fsp3) is 0.684. The molecule has 1 aliphatic rings. The van der Waals surface area contributed by atoms with Gasteiger partial charge in [0.2, 0.25) is 0 Å². The molecule has 2 unspecified atom stereocenters. The highest BCUT2D eigenvalue weighted by atomic mass is 127. The quantitative estimate of drug-likeness (QED) is 0.236. The van der Waals surface area contributed by atoms with E-state index in [2.05, 4.69) is 41.7 Å². The lowest BCUT2D eigenvalue weighted by Crippen LogP contribution is -2.69. The minimum Gasteiger partial charge on any atom is -0.459 e. The molecule has 1 heterocycles. The minimum absolute atomic E-state index is 0. The Kier molecular flexibility index (Phi) is 8.59. The van der Waals surface area contributed by atoms with Crippen LogP contribution in [0.3, 0.4) is 0 Å². The number of hydrogen-bond acceptors (Lipinski definition) is 4. The van der Waals surface area contributed by atoms with E-state index in [0.29, 0.717) is 24.9 Å². The van der Waals surface area contributed by atoms with E-state index in [1.807, 2.05) is 6.92 Å². The number of aryl methyl sites for hydroxylation is 1. The summed E-state index contributed by atoms with van der Waals surface area (Å²) in [7, 11) is 3.53. The number of amides is 1. The van der Waals surface area contributed by atoms with Crippen molar-refractivity contribution in [2.75, 3.05) is 27.2 Å². The molecule has 0 aromatic carbocycles. The molecule has 0 bridgehead atoms. The molecule has 1 aromatic rings. The Morgan fingerprint density at radius 3 is 2.52 bits per heavy atom. The first-order valence-electron chi connectivity index (χ1n) is 9.10. The number of hydrogen-bond donors (Lipinski definition) is 3. The Bertz CT molecular complexity index is 659. The van der Waals surface area contributed by atoms with Gasteiger partial charge in [-0.1, -0.05) is 13.8 Å². The van der Waals surface area contributed by atoms with Gasteiger partial charge in [-0.3, -0.25) is 9.79 Å². The van der Waals surface area contributed by atoms with Crippen molar-refractivity contribution in [1.29, 1.82) is 0 Å². The van der Waals surface area contributed by atoms with Gasteiger partial charge in [0.05, 0.1) is 11.9 Å². The van der Waals surface area contributed by atoms with Crippen molar-refractivity contribution in [2.45, 2.75) is 52.2 Å². The number of carbonyl (C=O) groups is 1. The van der Waals surface area contributed by atoms with Crippen molar-refractivity contribution in [2.24, 2.45) is 10.4 Å². The van der Waals surface area contributed by atoms with Crippen molar-refractivity contribution < 1.29 is 13.9 Å². The van der Waals surface area contributed by atoms with E-state index >= 15 is 0 Å². The van der Waals surface area contributed by atoms with Crippen LogP contribution in [0, 0.1) is 12.3 Å². The molecule has 0 aliphatic heterocycles. The van der Waals surface area contributed by atoms with E-state index in [0.717, 1.165) is 24.4 Å². The SMILES string of the molecule is CN=C(NCCCNC(=O)c1occc1C)NC1CC(C)(OC)C1(C)C.I. The van der Waals surface area contributed by atoms with E-state index in [1.165, 1.54) is 6.26 Å². The van der Waals surface area contributed by atoms with Gasteiger partial charge in [-0.2, -0.15) is 0 Å². The maximum atomic E-state index is 12.0. The summed E-state index contributed by atoms with van der Waals surface area (Å²) < 4.78 is 10.8. The van der Waals surface area contributed by atoms with Crippen LogP contribution in [-0.2, 0) is 4.74 Å². The summed E-state index contributed by atoms with van der Waals surface area (Å²) in [4.78, 5) is 16.2. The van der Waals surface area contributed by atoms with E-state index < -0.39 is 0 Å². The highest BCUT2D eigenvalue weighted by Crippen LogP contribution is 2.51. The Morgan fingerprint density at radius 2 is 2.00 bits per heavy atom. The molecule has 3 N–H and O–H groups in total. The lowest BCUT2D eigenvalue weighted by molar-refractivity contribution is -0.176. The molecule has 0 radical (unpaired) electrons. The Labute approximate surface area is 179 Å². The van der Waals surface area contributed by atoms with Crippen molar-refractivity contribution in [3.8, 4) is 0 Å². The molecule has 1 saturated carbocycles. The molecule has 8 heteroatoms. The Balaban J connectivity index is 0.00000364. The number of nitrogens with zero attached hydrogens (tertiary/aromatic N) is 1. The first-order chi connectivity index (χ1) is 12.2. The smallest absolute Gasteiger partial charge is 0.287 e. The number of furan rings is 1. The van der Waals surface area contributed by atoms with Gasteiger partial charge in [0.15, 0.2) is 11.7 Å². The van der Waals surface area contributed by atoms with Crippen LogP contribution < -0.4 is 16.0 Å². The van der Waals surface area contributed by atoms with Crippen LogP contribution >= 0.6 is 24.0 Å². The van der Waals surface area contributed by atoms with Gasteiger partial charge in [0.1, 0.15) is 0 Å². The molecule has 1 aliphatic carbocycles. The maximum absolute atomic E-state index is 12.0. The molecule has 27 heavy (non-hydrogen) atoms. The van der Waals surface area contributed by atoms with Gasteiger partial charge >= 0.3 is 0 Å². The topological polar surface area (TPSA) is 87.9 Å². The molecule has 0 saturated heterocycles. The summed E-state index contributed by atoms with van der Waals surface area (Å²) in [6, 6.07) is 2.09. The molecule has 7 nitrogen and oxygen atoms in total. The van der Waals surface area contributed by atoms with Gasteiger partial charge in [-0.05, 0) is 32.8 Å². The van der Waals surface area contributed by atoms with Crippen LogP contribution in [0.25, 0.3) is 0 Å². The fourth-order valence-electron chi connectivity index (χ4n) is 3.27. The number of ether oxygens (including phenoxy) is 1. The maximum Gasteiger partial charge on any atom is 0.287 e. The van der Waals surface area contributed by atoms with Gasteiger partial charge in [0, 0.05) is 44.3 Å². The molecule has 2 atom stereocenters. The number of halogens is 1. The molecule has 0 spiro atoms. The summed E-state index contributed by atoms with van der Waals surface area (Å²) in [6.07, 6.45) is 3.25. The second-order valence-corrected chi connectivity index (χ2v) is 7.60. The summed E-state index contributed by atoms with van der Waals surface area (Å²) in [5.41, 5.74) is 0.753. The van der Waals surface area contributed by atoms with Crippen LogP contribution in [0.1, 0.15) is 49.7 Å². The van der Waals surface area contributed by atoms with E-state index in [9.17, 15) is 4.79 Å². The highest BCUT2D eigenvalue weighted by Gasteiger charge is 2.58. The average molecular weight is 492 g/mol. The predicted molar refractivity (Wildman–Crippen MR) is 118 cm³/mol. The monoisotopic (exact) mass is 492 g/mol. The third-order valence-corrected chi connectivity index (χ3v) is 5.81. The second-order valence-electron chi connectivity index (χ2n) is 7.60. The number of rotatable bonds is 7. The van der Waals surface area contributed by atoms with Gasteiger partial charge in [-0.15, -0.1) is 24.0 Å². The van der Waals surface area contributed by atoms with Crippen molar-refractivity contribution >= 4 is 35.8 Å². The van der Waals surface area contributed by atoms with Crippen LogP contribution in [0.2, 0.25) is 0 Å². The number of guanidine groups is 1. The third kappa shape index (κ3) is 5.16. The average Bonchev–Trinajstić information content (AvgIpc) is 3.05. The largest absolute Gasteiger partial charge is 0.459 e. The fourth-order valence-corrected chi connectivity index (χ4v) is 3.27. The van der Waals surface area contributed by atoms with Gasteiger partial charge in [0.25, 0.3) is 5.91 Å². The second kappa shape index (κ2) is 9.77. The molecule has 2 rings (SSSR count). The molecular weight excluding hydrogens is 459 g/mol. The summed E-state index contributed by atoms with van der Waals surface area (Å²) in [5, 5.41) is 9.63. The van der Waals surface area contributed by atoms with E-state index in [1.54, 1.807) is 20.2 Å². The number of methoxy groups -OCH3 is 1. The van der Waals surface area contributed by atoms with Crippen LogP contribution in [0.5, 0.6) is 0 Å². The van der Waals surface area contributed by atoms with Gasteiger partial charge < -0.3 is 25.1 Å². The summed E-state index contributed by atoms with van der Waals surface area (Å²) in [5.74, 6) is 0.975. The summed E-state index contributed by atoms with van der Waals surface area (Å²) in [6.45, 7) is 9.69. The van der Waals surface area contributed by atoms with E-state index in [-0.39, 0.29) is 40.9 Å². The predicted octanol–water partition coefficient (Wildman–Crippen LogP) is 2.69.